The fraction of sp³-hybridized carbons (Fsp3) is 0.353. The van der Waals surface area contributed by atoms with Gasteiger partial charge in [0, 0.05) is 13.5 Å². The van der Waals surface area contributed by atoms with Gasteiger partial charge < -0.3 is 28.6 Å². The lowest BCUT2D eigenvalue weighted by atomic mass is 9.88. The van der Waals surface area contributed by atoms with E-state index in [1.165, 1.54) is 6.92 Å². The monoisotopic (exact) mass is 571 g/mol. The van der Waals surface area contributed by atoms with E-state index in [0.29, 0.717) is 18.0 Å². The van der Waals surface area contributed by atoms with Gasteiger partial charge in [-0.15, -0.1) is 0 Å². The van der Waals surface area contributed by atoms with E-state index in [1.54, 1.807) is 0 Å². The number of carbonyl (C=O) groups is 2. The lowest BCUT2D eigenvalue weighted by molar-refractivity contribution is -0.148. The summed E-state index contributed by atoms with van der Waals surface area (Å²) in [7, 11) is 3.85. The molecule has 1 saturated carbocycles. The van der Waals surface area contributed by atoms with Crippen LogP contribution in [0.3, 0.4) is 0 Å². The summed E-state index contributed by atoms with van der Waals surface area (Å²) < 4.78 is 28.2. The van der Waals surface area contributed by atoms with E-state index >= 15 is 0 Å². The summed E-state index contributed by atoms with van der Waals surface area (Å²) in [5, 5.41) is 0. The van der Waals surface area contributed by atoms with Crippen molar-refractivity contribution >= 4 is 23.1 Å². The molecule has 42 heavy (non-hydrogen) atoms. The van der Waals surface area contributed by atoms with Crippen LogP contribution in [0.5, 0.6) is 23.0 Å². The van der Waals surface area contributed by atoms with Gasteiger partial charge in [-0.1, -0.05) is 37.3 Å². The first-order chi connectivity index (χ1) is 20.3. The SMILES string of the molecule is CC/C(=C(/c1ccc(OCC(CN(C)C)OC(C)=O)cc1)c1ccc(OC(=O)C2CC2)cc1)c1ccc2c(c1)OCO2. The lowest BCUT2D eigenvalue weighted by Crippen LogP contribution is -2.34. The Morgan fingerprint density at radius 3 is 2.10 bits per heavy atom. The topological polar surface area (TPSA) is 83.5 Å². The largest absolute Gasteiger partial charge is 0.490 e. The number of benzene rings is 3. The van der Waals surface area contributed by atoms with Crippen molar-refractivity contribution in [3.8, 4) is 23.0 Å². The molecule has 1 atom stereocenters. The number of allylic oxidation sites excluding steroid dienone is 1. The van der Waals surface area contributed by atoms with Crippen LogP contribution >= 0.6 is 0 Å². The first-order valence-electron chi connectivity index (χ1n) is 14.3. The molecule has 0 bridgehead atoms. The van der Waals surface area contributed by atoms with Crippen LogP contribution in [0.2, 0.25) is 0 Å². The van der Waals surface area contributed by atoms with Crippen LogP contribution in [0.1, 0.15) is 49.8 Å². The number of nitrogens with zero attached hydrogens (tertiary/aromatic N) is 1. The first-order valence-corrected chi connectivity index (χ1v) is 14.3. The third kappa shape index (κ3) is 7.31. The number of ether oxygens (including phenoxy) is 5. The Labute approximate surface area is 246 Å². The van der Waals surface area contributed by atoms with E-state index < -0.39 is 0 Å². The third-order valence-corrected chi connectivity index (χ3v) is 7.13. The summed E-state index contributed by atoms with van der Waals surface area (Å²) >= 11 is 0. The Kier molecular flexibility index (Phi) is 9.12. The average Bonchev–Trinajstić information content (AvgIpc) is 3.72. The lowest BCUT2D eigenvalue weighted by Gasteiger charge is -2.21. The minimum absolute atomic E-state index is 0.0331. The predicted molar refractivity (Wildman–Crippen MR) is 160 cm³/mol. The second-order valence-electron chi connectivity index (χ2n) is 10.8. The van der Waals surface area contributed by atoms with Gasteiger partial charge in [-0.25, -0.2) is 0 Å². The van der Waals surface area contributed by atoms with Crippen molar-refractivity contribution in [1.82, 2.24) is 4.90 Å². The fourth-order valence-electron chi connectivity index (χ4n) is 5.01. The van der Waals surface area contributed by atoms with E-state index in [0.717, 1.165) is 58.6 Å². The van der Waals surface area contributed by atoms with E-state index in [4.69, 9.17) is 23.7 Å². The minimum Gasteiger partial charge on any atom is -0.490 e. The van der Waals surface area contributed by atoms with Crippen molar-refractivity contribution in [2.24, 2.45) is 5.92 Å². The summed E-state index contributed by atoms with van der Waals surface area (Å²) in [6, 6.07) is 21.6. The molecule has 1 aliphatic heterocycles. The number of likely N-dealkylation sites (N-methyl/N-ethyl adjacent to an activating group) is 1. The predicted octanol–water partition coefficient (Wildman–Crippen LogP) is 5.97. The molecule has 5 rings (SSSR count). The number of hydrogen-bond acceptors (Lipinski definition) is 8. The molecule has 3 aromatic carbocycles. The third-order valence-electron chi connectivity index (χ3n) is 7.13. The normalized spacial score (nSPS) is 15.2. The maximum absolute atomic E-state index is 12.2. The molecule has 0 saturated heterocycles. The van der Waals surface area contributed by atoms with Gasteiger partial charge in [0.25, 0.3) is 0 Å². The fourth-order valence-corrected chi connectivity index (χ4v) is 5.01. The van der Waals surface area contributed by atoms with Crippen molar-refractivity contribution in [2.45, 2.75) is 39.2 Å². The molecule has 0 amide bonds. The van der Waals surface area contributed by atoms with Crippen LogP contribution in [0.15, 0.2) is 66.7 Å². The van der Waals surface area contributed by atoms with Gasteiger partial charge in [-0.3, -0.25) is 9.59 Å². The van der Waals surface area contributed by atoms with Crippen LogP contribution < -0.4 is 18.9 Å². The molecule has 0 N–H and O–H groups in total. The van der Waals surface area contributed by atoms with Gasteiger partial charge in [0.2, 0.25) is 6.79 Å². The average molecular weight is 572 g/mol. The molecule has 8 heteroatoms. The quantitative estimate of drug-likeness (QED) is 0.149. The highest BCUT2D eigenvalue weighted by molar-refractivity contribution is 5.99. The highest BCUT2D eigenvalue weighted by atomic mass is 16.7. The summed E-state index contributed by atoms with van der Waals surface area (Å²) in [4.78, 5) is 25.7. The van der Waals surface area contributed by atoms with Crippen molar-refractivity contribution in [1.29, 1.82) is 0 Å². The molecule has 1 unspecified atom stereocenters. The summed E-state index contributed by atoms with van der Waals surface area (Å²) in [5.74, 6) is 2.22. The number of esters is 2. The molecule has 0 aromatic heterocycles. The van der Waals surface area contributed by atoms with Crippen LogP contribution in [-0.4, -0.2) is 57.0 Å². The van der Waals surface area contributed by atoms with Crippen molar-refractivity contribution in [3.63, 3.8) is 0 Å². The summed E-state index contributed by atoms with van der Waals surface area (Å²) in [6.45, 7) is 4.56. The van der Waals surface area contributed by atoms with Gasteiger partial charge in [-0.05, 0) is 97.6 Å². The standard InChI is InChI=1S/C34H37NO7/c1-5-30(26-12-17-31-32(18-26)40-21-39-31)33(24-10-15-28(16-11-24)42-34(37)25-6-7-25)23-8-13-27(14-9-23)38-20-29(19-35(3)4)41-22(2)36/h8-18,25,29H,5-7,19-21H2,1-4H3/b33-30+. The van der Waals surface area contributed by atoms with Crippen LogP contribution in [0.4, 0.5) is 0 Å². The van der Waals surface area contributed by atoms with Crippen molar-refractivity contribution in [3.05, 3.63) is 83.4 Å². The first kappa shape index (κ1) is 29.2. The van der Waals surface area contributed by atoms with Gasteiger partial charge in [0.15, 0.2) is 11.5 Å². The molecule has 1 aliphatic carbocycles. The minimum atomic E-state index is -0.377. The van der Waals surface area contributed by atoms with Gasteiger partial charge >= 0.3 is 11.9 Å². The van der Waals surface area contributed by atoms with Crippen LogP contribution in [-0.2, 0) is 14.3 Å². The van der Waals surface area contributed by atoms with Crippen molar-refractivity contribution in [2.75, 3.05) is 34.0 Å². The molecule has 220 valence electrons. The Hall–Kier alpha value is -4.30. The second kappa shape index (κ2) is 13.1. The maximum Gasteiger partial charge on any atom is 0.314 e. The van der Waals surface area contributed by atoms with Crippen molar-refractivity contribution < 1.29 is 33.3 Å². The number of carbonyl (C=O) groups excluding carboxylic acids is 2. The zero-order valence-corrected chi connectivity index (χ0v) is 24.6. The van der Waals surface area contributed by atoms with E-state index in [2.05, 4.69) is 13.0 Å². The maximum atomic E-state index is 12.2. The molecule has 1 fully saturated rings. The molecule has 1 heterocycles. The number of rotatable bonds is 12. The zero-order chi connectivity index (χ0) is 29.6. The molecular weight excluding hydrogens is 534 g/mol. The molecule has 3 aromatic rings. The van der Waals surface area contributed by atoms with E-state index in [-0.39, 0.29) is 37.4 Å². The Bertz CT molecular complexity index is 1440. The highest BCUT2D eigenvalue weighted by Gasteiger charge is 2.31. The highest BCUT2D eigenvalue weighted by Crippen LogP contribution is 2.40. The van der Waals surface area contributed by atoms with Gasteiger partial charge in [-0.2, -0.15) is 0 Å². The molecular formula is C34H37NO7. The van der Waals surface area contributed by atoms with Gasteiger partial charge in [0.1, 0.15) is 24.2 Å². The van der Waals surface area contributed by atoms with Crippen LogP contribution in [0, 0.1) is 5.92 Å². The Morgan fingerprint density at radius 2 is 1.50 bits per heavy atom. The molecule has 2 aliphatic rings. The zero-order valence-electron chi connectivity index (χ0n) is 24.6. The number of hydrogen-bond donors (Lipinski definition) is 0. The molecule has 0 spiro atoms. The number of fused-ring (bicyclic) bond motifs is 1. The molecule has 8 nitrogen and oxygen atoms in total. The summed E-state index contributed by atoms with van der Waals surface area (Å²) in [6.07, 6.45) is 2.19. The summed E-state index contributed by atoms with van der Waals surface area (Å²) in [5.41, 5.74) is 5.21. The van der Waals surface area contributed by atoms with Gasteiger partial charge in [0.05, 0.1) is 5.92 Å². The Morgan fingerprint density at radius 1 is 0.881 bits per heavy atom. The van der Waals surface area contributed by atoms with E-state index in [1.807, 2.05) is 79.7 Å². The smallest absolute Gasteiger partial charge is 0.314 e. The second-order valence-corrected chi connectivity index (χ2v) is 10.8. The van der Waals surface area contributed by atoms with E-state index in [9.17, 15) is 9.59 Å². The Balaban J connectivity index is 1.45. The van der Waals surface area contributed by atoms with Crippen LogP contribution in [0.25, 0.3) is 11.1 Å². The molecule has 0 radical (unpaired) electrons.